The summed E-state index contributed by atoms with van der Waals surface area (Å²) in [5.41, 5.74) is 12.7. The lowest BCUT2D eigenvalue weighted by atomic mass is 9.78. The van der Waals surface area contributed by atoms with E-state index in [0.29, 0.717) is 59.9 Å². The summed E-state index contributed by atoms with van der Waals surface area (Å²) in [4.78, 5) is 64.5. The number of halogens is 3. The number of rotatable bonds is 34. The number of unbranched alkanes of at least 4 members (excludes halogenated alkanes) is 2. The first-order valence-electron chi connectivity index (χ1n) is 37.2. The number of esters is 2. The predicted molar refractivity (Wildman–Crippen MR) is 417 cm³/mol. The van der Waals surface area contributed by atoms with E-state index in [2.05, 4.69) is 123 Å². The summed E-state index contributed by atoms with van der Waals surface area (Å²) in [6, 6.07) is 41.0. The molecule has 0 spiro atoms. The van der Waals surface area contributed by atoms with E-state index in [0.717, 1.165) is 132 Å². The monoisotopic (exact) mass is 1540 g/mol. The molecule has 5 N–H and O–H groups in total. The lowest BCUT2D eigenvalue weighted by molar-refractivity contribution is -0.140. The number of carbonyl (C=O) groups excluding carboxylic acids is 4. The van der Waals surface area contributed by atoms with Crippen LogP contribution in [0.25, 0.3) is 0 Å². The molecule has 4 unspecified atom stereocenters. The molecule has 2 fully saturated rings. The van der Waals surface area contributed by atoms with Crippen LogP contribution in [0, 0.1) is 66.6 Å². The largest absolute Gasteiger partial charge is 0.495 e. The van der Waals surface area contributed by atoms with Gasteiger partial charge in [0.15, 0.2) is 15.5 Å². The van der Waals surface area contributed by atoms with Crippen molar-refractivity contribution in [1.29, 1.82) is 5.26 Å². The molecule has 0 aliphatic heterocycles. The Morgan fingerprint density at radius 2 is 1.42 bits per heavy atom. The van der Waals surface area contributed by atoms with Crippen molar-refractivity contribution in [3.63, 3.8) is 0 Å². The van der Waals surface area contributed by atoms with Crippen molar-refractivity contribution in [2.24, 2.45) is 35.5 Å². The molecule has 2 aromatic heterocycles. The number of alkyl halides is 1. The van der Waals surface area contributed by atoms with Crippen LogP contribution < -0.4 is 4.74 Å². The van der Waals surface area contributed by atoms with Crippen LogP contribution in [0.15, 0.2) is 126 Å². The maximum Gasteiger partial charge on any atom is 0.352 e. The van der Waals surface area contributed by atoms with Gasteiger partial charge in [0, 0.05) is 52.0 Å². The van der Waals surface area contributed by atoms with Gasteiger partial charge >= 0.3 is 17.9 Å². The van der Waals surface area contributed by atoms with E-state index in [4.69, 9.17) is 37.4 Å². The van der Waals surface area contributed by atoms with E-state index in [-0.39, 0.29) is 106 Å². The summed E-state index contributed by atoms with van der Waals surface area (Å²) in [7, 11) is 4.00. The third kappa shape index (κ3) is 23.5. The van der Waals surface area contributed by atoms with Crippen LogP contribution in [0.2, 0.25) is 0 Å². The number of thiazole rings is 1. The summed E-state index contributed by atoms with van der Waals surface area (Å²) in [5, 5.41) is 60.9. The Balaban J connectivity index is 0.000000203. The van der Waals surface area contributed by atoms with Crippen LogP contribution in [0.4, 0.5) is 4.39 Å². The molecule has 10 rings (SSSR count). The number of aromatic carboxylic acids is 1. The zero-order valence-corrected chi connectivity index (χ0v) is 65.8. The van der Waals surface area contributed by atoms with Gasteiger partial charge in [-0.1, -0.05) is 155 Å². The average Bonchev–Trinajstić information content (AvgIpc) is 1.81. The van der Waals surface area contributed by atoms with Crippen LogP contribution in [0.5, 0.6) is 5.75 Å². The van der Waals surface area contributed by atoms with E-state index in [1.54, 1.807) is 12.1 Å². The zero-order valence-electron chi connectivity index (χ0n) is 62.6. The number of ketones is 2. The Kier molecular flexibility index (Phi) is 32.9. The maximum atomic E-state index is 13.9. The van der Waals surface area contributed by atoms with Crippen LogP contribution in [0.3, 0.4) is 0 Å². The number of aryl methyl sites for hydroxylation is 7. The van der Waals surface area contributed by atoms with Crippen LogP contribution >= 0.6 is 45.9 Å². The number of carbonyl (C=O) groups is 5. The molecule has 0 bridgehead atoms. The van der Waals surface area contributed by atoms with E-state index in [1.807, 2.05) is 30.3 Å². The third-order valence-corrected chi connectivity index (χ3v) is 24.5. The smallest absolute Gasteiger partial charge is 0.352 e. The second-order valence-corrected chi connectivity index (χ2v) is 32.2. The molecule has 16 nitrogen and oxygen atoms in total. The van der Waals surface area contributed by atoms with Crippen molar-refractivity contribution >= 4 is 75.3 Å². The molecule has 3 aliphatic carbocycles. The standard InChI is InChI=1S/C30H31ClO5S.C29H35NO5.C27H37ClFNO4S/c1-30(2,20-7-5-4-6-8-20)21-12-9-19(10-13-21)11-14-23-24(26(32)16-25(23)31)18-36-17-22-15-27(35-3)28(37-22)29(33)34;1-18-12-20(13-19(2)24(18)10-11-31)5-8-25-26(28(33)16-27(25)32)15-21-4-6-23(17-30)22(14-21)7-9-29(34)35-3;1-3-4-5-11-22(31)18-9-6-8-17(15-18)13-14-19-20(23(32)16-21(19)28)10-7-12-24-30-26(29)25(35-24)27(33)34-2/h4-10,12-13,15-16,23-24H,11,14,17-18H2,1-3H3,(H,33,34);4,6,12-14,25-26,28,31,33H,5,7-11,15-16H2,1-3H3;6,8-9,15,19-23,31-32H,3-5,7,10-14,16H2,1-2H3/t23-,24-;25-,26-,28?;19-,20-,21?,22?,23?/m111/s1. The van der Waals surface area contributed by atoms with Gasteiger partial charge in [-0.2, -0.15) is 9.65 Å². The minimum Gasteiger partial charge on any atom is -0.495 e. The van der Waals surface area contributed by atoms with Gasteiger partial charge in [0.2, 0.25) is 5.95 Å². The Hall–Kier alpha value is -7.48. The Morgan fingerprint density at radius 3 is 2.08 bits per heavy atom. The number of thiophene rings is 1. The minimum absolute atomic E-state index is 0.0232. The Labute approximate surface area is 647 Å². The molecule has 107 heavy (non-hydrogen) atoms. The Bertz CT molecular complexity index is 4170. The number of Topliss-reactive ketones (excluding diaryl/α,β-unsaturated/α-hetero) is 1. The summed E-state index contributed by atoms with van der Waals surface area (Å²) in [5.74, 6) is -3.05. The lowest BCUT2D eigenvalue weighted by Gasteiger charge is -2.26. The molecule has 574 valence electrons. The average molecular weight is 1540 g/mol. The Morgan fingerprint density at radius 1 is 0.729 bits per heavy atom. The van der Waals surface area contributed by atoms with Crippen molar-refractivity contribution < 1.29 is 72.8 Å². The number of hydrogen-bond acceptors (Lipinski definition) is 17. The van der Waals surface area contributed by atoms with E-state index >= 15 is 0 Å². The van der Waals surface area contributed by atoms with E-state index in [1.165, 1.54) is 55.2 Å². The molecule has 0 amide bonds. The van der Waals surface area contributed by atoms with Gasteiger partial charge < -0.3 is 44.5 Å². The number of hydrogen-bond donors (Lipinski definition) is 5. The van der Waals surface area contributed by atoms with Gasteiger partial charge in [0.05, 0.1) is 75.4 Å². The van der Waals surface area contributed by atoms with Gasteiger partial charge in [-0.05, 0) is 201 Å². The van der Waals surface area contributed by atoms with E-state index in [9.17, 15) is 59.2 Å². The lowest BCUT2D eigenvalue weighted by Crippen LogP contribution is -2.23. The minimum atomic E-state index is -1.04. The van der Waals surface area contributed by atoms with Gasteiger partial charge in [-0.25, -0.2) is 14.6 Å². The second kappa shape index (κ2) is 41.4. The maximum absolute atomic E-state index is 13.9. The van der Waals surface area contributed by atoms with Gasteiger partial charge in [-0.3, -0.25) is 14.4 Å². The molecule has 21 heteroatoms. The molecule has 2 heterocycles. The quantitative estimate of drug-likeness (QED) is 0.0143. The number of carboxylic acids is 1. The number of ether oxygens (including phenoxy) is 4. The highest BCUT2D eigenvalue weighted by molar-refractivity contribution is 7.14. The van der Waals surface area contributed by atoms with Crippen molar-refractivity contribution in [1.82, 2.24) is 4.98 Å². The fourth-order valence-electron chi connectivity index (χ4n) is 15.4. The van der Waals surface area contributed by atoms with Gasteiger partial charge in [0.25, 0.3) is 0 Å². The van der Waals surface area contributed by atoms with Gasteiger partial charge in [0.1, 0.15) is 11.5 Å². The highest BCUT2D eigenvalue weighted by Gasteiger charge is 2.43. The molecule has 0 radical (unpaired) electrons. The number of benzene rings is 5. The van der Waals surface area contributed by atoms with Crippen LogP contribution in [-0.2, 0) is 85.6 Å². The van der Waals surface area contributed by atoms with Crippen LogP contribution in [-0.4, -0.2) is 112 Å². The molecule has 7 aromatic rings. The molecular formula is C86H103Cl2FN2O14S2. The van der Waals surface area contributed by atoms with E-state index < -0.39 is 36.2 Å². The predicted octanol–water partition coefficient (Wildman–Crippen LogP) is 16.7. The summed E-state index contributed by atoms with van der Waals surface area (Å²) < 4.78 is 34.2. The summed E-state index contributed by atoms with van der Waals surface area (Å²) >= 11 is 15.2. The first-order chi connectivity index (χ1) is 51.3. The zero-order chi connectivity index (χ0) is 77.5. The molecule has 10 atom stereocenters. The van der Waals surface area contributed by atoms with Crippen LogP contribution in [0.1, 0.15) is 200 Å². The van der Waals surface area contributed by atoms with Crippen molar-refractivity contribution in [2.75, 3.05) is 34.5 Å². The third-order valence-electron chi connectivity index (χ3n) is 21.5. The highest BCUT2D eigenvalue weighted by Crippen LogP contribution is 2.43. The molecule has 3 aliphatic rings. The highest BCUT2D eigenvalue weighted by atomic mass is 35.5. The van der Waals surface area contributed by atoms with Crippen molar-refractivity contribution in [2.45, 2.75) is 192 Å². The number of aromatic nitrogens is 1. The number of nitriles is 1. The fourth-order valence-corrected chi connectivity index (χ4v) is 18.0. The van der Waals surface area contributed by atoms with Crippen molar-refractivity contribution in [3.8, 4) is 11.8 Å². The molecule has 0 saturated heterocycles. The number of aliphatic hydroxyl groups excluding tert-OH is 4. The molecular weight excluding hydrogens is 1440 g/mol. The number of methoxy groups -OCH3 is 3. The molecule has 5 aromatic carbocycles. The van der Waals surface area contributed by atoms with Crippen molar-refractivity contribution in [3.05, 3.63) is 219 Å². The summed E-state index contributed by atoms with van der Waals surface area (Å²) in [6.07, 6.45) is 13.2. The van der Waals surface area contributed by atoms with Gasteiger partial charge in [-0.15, -0.1) is 34.3 Å². The number of carboxylic acid groups (broad SMARTS) is 1. The number of aliphatic hydroxyl groups is 4. The first kappa shape index (κ1) is 85.1. The number of nitrogens with zero attached hydrogens (tertiary/aromatic N) is 2. The normalized spacial score (nSPS) is 20.0. The SMILES string of the molecule is CCCCCC(O)c1cccc(CC[C@H]2C(Cl)CC(O)[C@@H]2CCCc2nc(F)c(C(=O)OC)s2)c1.COC(=O)CCc1cc(C[C@H]2C(O)CC(=O)[C@@H]2CCc2cc(C)c(CCO)c(C)c2)ccc1C#N.COc1cc(COC[C@H]2C(=O)C=C(Cl)[C@@H]2CCc2ccc(C(C)(C)c3ccccc3)cc2)sc1C(=O)O. The topological polar surface area (TPSA) is 260 Å². The second-order valence-electron chi connectivity index (χ2n) is 29.0. The fraction of sp³-hybridized carbons (Fsp3) is 0.477. The summed E-state index contributed by atoms with van der Waals surface area (Å²) in [6.45, 7) is 11.3. The molecule has 2 saturated carbocycles. The first-order valence-corrected chi connectivity index (χ1v) is 39.6. The number of allylic oxidation sites excluding steroid dienone is 2.